The molecule has 0 aliphatic carbocycles. The number of carbonyl (C=O) groups is 1. The van der Waals surface area contributed by atoms with E-state index >= 15 is 0 Å². The van der Waals surface area contributed by atoms with Crippen molar-refractivity contribution in [3.05, 3.63) is 64.9 Å². The normalized spacial score (nSPS) is 15.5. The average molecular weight is 309 g/mol. The van der Waals surface area contributed by atoms with E-state index in [-0.39, 0.29) is 17.3 Å². The molecule has 0 saturated heterocycles. The van der Waals surface area contributed by atoms with E-state index in [1.54, 1.807) is 18.2 Å². The van der Waals surface area contributed by atoms with Gasteiger partial charge in [0.05, 0.1) is 7.11 Å². The molecule has 0 aromatic heterocycles. The molecule has 0 fully saturated rings. The third kappa shape index (κ3) is 3.08. The number of cyclic esters (lactones) is 1. The van der Waals surface area contributed by atoms with E-state index < -0.39 is 5.97 Å². The number of hydrogen-bond acceptors (Lipinski definition) is 5. The SMILES string of the molecule is COc1cc(/C=C2\N=C(c3cccc(C)c3)OC2=O)ccc1O. The zero-order valence-electron chi connectivity index (χ0n) is 12.7. The number of phenols is 1. The number of aryl methyl sites for hydroxylation is 1. The zero-order chi connectivity index (χ0) is 16.4. The van der Waals surface area contributed by atoms with Crippen molar-refractivity contribution in [2.45, 2.75) is 6.92 Å². The Bertz CT molecular complexity index is 837. The minimum Gasteiger partial charge on any atom is -0.504 e. The largest absolute Gasteiger partial charge is 0.504 e. The molecule has 2 aromatic carbocycles. The van der Waals surface area contributed by atoms with Gasteiger partial charge in [-0.2, -0.15) is 0 Å². The topological polar surface area (TPSA) is 68.1 Å². The summed E-state index contributed by atoms with van der Waals surface area (Å²) < 4.78 is 10.3. The van der Waals surface area contributed by atoms with Crippen molar-refractivity contribution in [2.75, 3.05) is 7.11 Å². The molecule has 0 amide bonds. The molecule has 1 aliphatic heterocycles. The number of esters is 1. The minimum absolute atomic E-state index is 0.0348. The van der Waals surface area contributed by atoms with Gasteiger partial charge in [-0.15, -0.1) is 0 Å². The predicted octanol–water partition coefficient (Wildman–Crippen LogP) is 3.05. The number of methoxy groups -OCH3 is 1. The summed E-state index contributed by atoms with van der Waals surface area (Å²) in [6, 6.07) is 12.4. The van der Waals surface area contributed by atoms with Gasteiger partial charge in [0.2, 0.25) is 5.90 Å². The van der Waals surface area contributed by atoms with Crippen LogP contribution in [0.5, 0.6) is 11.5 Å². The summed E-state index contributed by atoms with van der Waals surface area (Å²) in [6.45, 7) is 1.96. The molecule has 0 unspecified atom stereocenters. The van der Waals surface area contributed by atoms with Crippen molar-refractivity contribution >= 4 is 17.9 Å². The lowest BCUT2D eigenvalue weighted by molar-refractivity contribution is -0.129. The number of rotatable bonds is 3. The molecule has 1 heterocycles. The maximum Gasteiger partial charge on any atom is 0.363 e. The second-order valence-corrected chi connectivity index (χ2v) is 5.14. The summed E-state index contributed by atoms with van der Waals surface area (Å²) in [5.41, 5.74) is 2.70. The van der Waals surface area contributed by atoms with Gasteiger partial charge in [0.25, 0.3) is 0 Å². The quantitative estimate of drug-likeness (QED) is 0.699. The number of ether oxygens (including phenoxy) is 2. The minimum atomic E-state index is -0.506. The standard InChI is InChI=1S/C18H15NO4/c1-11-4-3-5-13(8-11)17-19-14(18(21)23-17)9-12-6-7-15(20)16(10-12)22-2/h3-10,20H,1-2H3/b14-9-. The fourth-order valence-corrected chi connectivity index (χ4v) is 2.25. The van der Waals surface area contributed by atoms with Gasteiger partial charge in [-0.05, 0) is 42.8 Å². The number of benzene rings is 2. The maximum atomic E-state index is 12.0. The Labute approximate surface area is 133 Å². The number of hydrogen-bond donors (Lipinski definition) is 1. The average Bonchev–Trinajstić information content (AvgIpc) is 2.90. The summed E-state index contributed by atoms with van der Waals surface area (Å²) in [4.78, 5) is 16.2. The van der Waals surface area contributed by atoms with Crippen molar-refractivity contribution in [1.82, 2.24) is 0 Å². The summed E-state index contributed by atoms with van der Waals surface area (Å²) in [5, 5.41) is 9.60. The van der Waals surface area contributed by atoms with E-state index in [9.17, 15) is 9.90 Å². The van der Waals surface area contributed by atoms with Crippen LogP contribution in [0.25, 0.3) is 6.08 Å². The number of phenolic OH excluding ortho intramolecular Hbond substituents is 1. The lowest BCUT2D eigenvalue weighted by Crippen LogP contribution is -2.05. The Balaban J connectivity index is 1.95. The van der Waals surface area contributed by atoms with Crippen LogP contribution in [0, 0.1) is 6.92 Å². The van der Waals surface area contributed by atoms with Gasteiger partial charge >= 0.3 is 5.97 Å². The van der Waals surface area contributed by atoms with Gasteiger partial charge in [-0.1, -0.05) is 23.8 Å². The van der Waals surface area contributed by atoms with Crippen molar-refractivity contribution in [3.8, 4) is 11.5 Å². The van der Waals surface area contributed by atoms with Crippen LogP contribution in [0.2, 0.25) is 0 Å². The van der Waals surface area contributed by atoms with Crippen molar-refractivity contribution in [1.29, 1.82) is 0 Å². The Kier molecular flexibility index (Phi) is 3.85. The van der Waals surface area contributed by atoms with Crippen LogP contribution in [0.15, 0.2) is 53.2 Å². The fourth-order valence-electron chi connectivity index (χ4n) is 2.25. The monoisotopic (exact) mass is 309 g/mol. The lowest BCUT2D eigenvalue weighted by atomic mass is 10.1. The number of carbonyl (C=O) groups excluding carboxylic acids is 1. The second kappa shape index (κ2) is 5.96. The Hall–Kier alpha value is -3.08. The van der Waals surface area contributed by atoms with Crippen molar-refractivity contribution in [3.63, 3.8) is 0 Å². The van der Waals surface area contributed by atoms with Crippen LogP contribution in [-0.4, -0.2) is 24.1 Å². The van der Waals surface area contributed by atoms with Gasteiger partial charge in [0.15, 0.2) is 17.2 Å². The molecule has 0 saturated carbocycles. The molecule has 116 valence electrons. The van der Waals surface area contributed by atoms with Gasteiger partial charge in [0.1, 0.15) is 0 Å². The first-order valence-corrected chi connectivity index (χ1v) is 7.03. The predicted molar refractivity (Wildman–Crippen MR) is 86.4 cm³/mol. The Morgan fingerprint density at radius 3 is 2.78 bits per heavy atom. The molecule has 2 aromatic rings. The Morgan fingerprint density at radius 2 is 2.04 bits per heavy atom. The molecule has 3 rings (SSSR count). The molecule has 0 atom stereocenters. The van der Waals surface area contributed by atoms with E-state index in [2.05, 4.69) is 4.99 Å². The molecule has 0 radical (unpaired) electrons. The molecule has 1 aliphatic rings. The highest BCUT2D eigenvalue weighted by atomic mass is 16.6. The molecule has 1 N–H and O–H groups in total. The first-order valence-electron chi connectivity index (χ1n) is 7.03. The molecule has 23 heavy (non-hydrogen) atoms. The van der Waals surface area contributed by atoms with Gasteiger partial charge in [-0.25, -0.2) is 9.79 Å². The number of aromatic hydroxyl groups is 1. The first-order chi connectivity index (χ1) is 11.1. The van der Waals surface area contributed by atoms with E-state index in [4.69, 9.17) is 9.47 Å². The van der Waals surface area contributed by atoms with E-state index in [0.29, 0.717) is 11.3 Å². The van der Waals surface area contributed by atoms with E-state index in [1.807, 2.05) is 31.2 Å². The van der Waals surface area contributed by atoms with Gasteiger partial charge < -0.3 is 14.6 Å². The molecule has 5 nitrogen and oxygen atoms in total. The zero-order valence-corrected chi connectivity index (χ0v) is 12.7. The number of nitrogens with zero attached hydrogens (tertiary/aromatic N) is 1. The third-order valence-electron chi connectivity index (χ3n) is 3.39. The van der Waals surface area contributed by atoms with Crippen LogP contribution in [0.3, 0.4) is 0 Å². The summed E-state index contributed by atoms with van der Waals surface area (Å²) >= 11 is 0. The smallest absolute Gasteiger partial charge is 0.363 e. The molecule has 0 spiro atoms. The van der Waals surface area contributed by atoms with Crippen LogP contribution >= 0.6 is 0 Å². The molecular formula is C18H15NO4. The van der Waals surface area contributed by atoms with Crippen LogP contribution in [0.1, 0.15) is 16.7 Å². The number of aliphatic imine (C=N–C) groups is 1. The van der Waals surface area contributed by atoms with Crippen molar-refractivity contribution in [2.24, 2.45) is 4.99 Å². The highest BCUT2D eigenvalue weighted by Gasteiger charge is 2.24. The van der Waals surface area contributed by atoms with E-state index in [0.717, 1.165) is 11.1 Å². The highest BCUT2D eigenvalue weighted by molar-refractivity contribution is 6.12. The molecule has 0 bridgehead atoms. The van der Waals surface area contributed by atoms with Crippen LogP contribution < -0.4 is 4.74 Å². The third-order valence-corrected chi connectivity index (χ3v) is 3.39. The highest BCUT2D eigenvalue weighted by Crippen LogP contribution is 2.28. The second-order valence-electron chi connectivity index (χ2n) is 5.14. The maximum absolute atomic E-state index is 12.0. The lowest BCUT2D eigenvalue weighted by Gasteiger charge is -2.03. The molecule has 5 heteroatoms. The first kappa shape index (κ1) is 14.8. The van der Waals surface area contributed by atoms with E-state index in [1.165, 1.54) is 13.2 Å². The van der Waals surface area contributed by atoms with Crippen molar-refractivity contribution < 1.29 is 19.4 Å². The van der Waals surface area contributed by atoms with Crippen LogP contribution in [0.4, 0.5) is 0 Å². The molecular weight excluding hydrogens is 294 g/mol. The van der Waals surface area contributed by atoms with Gasteiger partial charge in [0, 0.05) is 5.56 Å². The summed E-state index contributed by atoms with van der Waals surface area (Å²) in [6.07, 6.45) is 1.59. The van der Waals surface area contributed by atoms with Gasteiger partial charge in [-0.3, -0.25) is 0 Å². The summed E-state index contributed by atoms with van der Waals surface area (Å²) in [7, 11) is 1.46. The van der Waals surface area contributed by atoms with Crippen LogP contribution in [-0.2, 0) is 9.53 Å². The fraction of sp³-hybridized carbons (Fsp3) is 0.111. The summed E-state index contributed by atoms with van der Waals surface area (Å²) in [5.74, 6) is 0.144. The Morgan fingerprint density at radius 1 is 1.22 bits per heavy atom.